The van der Waals surface area contributed by atoms with Gasteiger partial charge in [-0.3, -0.25) is 4.79 Å². The zero-order valence-corrected chi connectivity index (χ0v) is 15.6. The van der Waals surface area contributed by atoms with Crippen LogP contribution in [0.4, 0.5) is 11.4 Å². The molecule has 0 atom stereocenters. The zero-order valence-electron chi connectivity index (χ0n) is 14.8. The molecule has 0 saturated heterocycles. The maximum atomic E-state index is 12.0. The van der Waals surface area contributed by atoms with Crippen molar-refractivity contribution in [3.8, 4) is 11.5 Å². The average molecular weight is 365 g/mol. The highest BCUT2D eigenvalue weighted by Crippen LogP contribution is 2.24. The van der Waals surface area contributed by atoms with Gasteiger partial charge in [0.05, 0.1) is 25.1 Å². The lowest BCUT2D eigenvalue weighted by Crippen LogP contribution is -2.14. The molecule has 0 heterocycles. The number of hydrogen-bond acceptors (Lipinski definition) is 4. The summed E-state index contributed by atoms with van der Waals surface area (Å²) in [6.45, 7) is 4.60. The first-order valence-corrected chi connectivity index (χ1v) is 7.93. The highest BCUT2D eigenvalue weighted by molar-refractivity contribution is 5.94. The maximum Gasteiger partial charge on any atom is 0.224 e. The van der Waals surface area contributed by atoms with Gasteiger partial charge in [0.15, 0.2) is 0 Å². The molecule has 0 fully saturated rings. The number of ether oxygens (including phenoxy) is 2. The molecule has 136 valence electrons. The minimum atomic E-state index is -0.0985. The molecule has 5 nitrogen and oxygen atoms in total. The third-order valence-electron chi connectivity index (χ3n) is 3.83. The van der Waals surface area contributed by atoms with Crippen molar-refractivity contribution in [2.45, 2.75) is 26.7 Å². The summed E-state index contributed by atoms with van der Waals surface area (Å²) >= 11 is 0. The van der Waals surface area contributed by atoms with Crippen molar-refractivity contribution in [1.29, 1.82) is 0 Å². The number of nitrogen functional groups attached to an aromatic ring is 1. The van der Waals surface area contributed by atoms with E-state index in [2.05, 4.69) is 12.2 Å². The molecule has 25 heavy (non-hydrogen) atoms. The van der Waals surface area contributed by atoms with E-state index in [4.69, 9.17) is 15.2 Å². The summed E-state index contributed by atoms with van der Waals surface area (Å²) in [5.74, 6) is 1.38. The number of benzene rings is 2. The van der Waals surface area contributed by atoms with Gasteiger partial charge in [-0.25, -0.2) is 0 Å². The molecule has 0 saturated carbocycles. The van der Waals surface area contributed by atoms with Crippen LogP contribution >= 0.6 is 12.4 Å². The molecule has 0 aliphatic carbocycles. The molecule has 2 aromatic carbocycles. The predicted molar refractivity (Wildman–Crippen MR) is 104 cm³/mol. The van der Waals surface area contributed by atoms with E-state index in [1.165, 1.54) is 11.1 Å². The lowest BCUT2D eigenvalue weighted by Gasteiger charge is -2.11. The molecule has 0 unspecified atom stereocenters. The molecule has 0 spiro atoms. The second-order valence-corrected chi connectivity index (χ2v) is 5.70. The van der Waals surface area contributed by atoms with Crippen molar-refractivity contribution in [3.63, 3.8) is 0 Å². The number of carbonyl (C=O) groups is 1. The highest BCUT2D eigenvalue weighted by Gasteiger charge is 2.07. The molecule has 3 N–H and O–H groups in total. The standard InChI is InChI=1S/C19H24N2O3.ClH/c1-13-6-7-16(11-14(13)2)24-10-4-5-19(22)21-18-12-15(23-3)8-9-17(18)20;/h6-9,11-12H,4-5,10,20H2,1-3H3,(H,21,22);1H. The van der Waals surface area contributed by atoms with E-state index in [-0.39, 0.29) is 18.3 Å². The van der Waals surface area contributed by atoms with Gasteiger partial charge in [0.2, 0.25) is 5.91 Å². The normalized spacial score (nSPS) is 9.88. The Morgan fingerprint density at radius 2 is 1.80 bits per heavy atom. The fourth-order valence-corrected chi connectivity index (χ4v) is 2.21. The van der Waals surface area contributed by atoms with Gasteiger partial charge in [-0.05, 0) is 55.7 Å². The molecule has 1 amide bonds. The molecule has 0 aliphatic rings. The van der Waals surface area contributed by atoms with Crippen LogP contribution in [0.3, 0.4) is 0 Å². The fraction of sp³-hybridized carbons (Fsp3) is 0.316. The highest BCUT2D eigenvalue weighted by atomic mass is 35.5. The molecule has 0 aromatic heterocycles. The SMILES string of the molecule is COc1ccc(N)c(NC(=O)CCCOc2ccc(C)c(C)c2)c1.Cl. The number of hydrogen-bond donors (Lipinski definition) is 2. The van der Waals surface area contributed by atoms with Crippen LogP contribution in [0.15, 0.2) is 36.4 Å². The van der Waals surface area contributed by atoms with Crippen molar-refractivity contribution in [2.75, 3.05) is 24.8 Å². The molecule has 6 heteroatoms. The molecular weight excluding hydrogens is 340 g/mol. The third kappa shape index (κ3) is 6.19. The minimum Gasteiger partial charge on any atom is -0.497 e. The Bertz CT molecular complexity index is 720. The van der Waals surface area contributed by atoms with Gasteiger partial charge in [0.1, 0.15) is 11.5 Å². The van der Waals surface area contributed by atoms with Gasteiger partial charge in [-0.15, -0.1) is 12.4 Å². The van der Waals surface area contributed by atoms with Crippen LogP contribution < -0.4 is 20.5 Å². The smallest absolute Gasteiger partial charge is 0.224 e. The number of methoxy groups -OCH3 is 1. The number of anilines is 2. The van der Waals surface area contributed by atoms with Crippen LogP contribution in [0.25, 0.3) is 0 Å². The average Bonchev–Trinajstić information content (AvgIpc) is 2.57. The summed E-state index contributed by atoms with van der Waals surface area (Å²) in [4.78, 5) is 12.0. The topological polar surface area (TPSA) is 73.6 Å². The first-order chi connectivity index (χ1) is 11.5. The van der Waals surface area contributed by atoms with Crippen LogP contribution in [0.5, 0.6) is 11.5 Å². The van der Waals surface area contributed by atoms with Crippen LogP contribution in [0.1, 0.15) is 24.0 Å². The quantitative estimate of drug-likeness (QED) is 0.572. The van der Waals surface area contributed by atoms with Crippen molar-refractivity contribution in [1.82, 2.24) is 0 Å². The number of halogens is 1. The molecule has 2 aromatic rings. The van der Waals surface area contributed by atoms with E-state index in [0.29, 0.717) is 36.6 Å². The van der Waals surface area contributed by atoms with Crippen LogP contribution in [0.2, 0.25) is 0 Å². The Balaban J connectivity index is 0.00000312. The number of nitrogens with one attached hydrogen (secondary N) is 1. The van der Waals surface area contributed by atoms with Crippen LogP contribution in [-0.4, -0.2) is 19.6 Å². The Morgan fingerprint density at radius 1 is 1.08 bits per heavy atom. The van der Waals surface area contributed by atoms with Gasteiger partial charge in [-0.1, -0.05) is 6.07 Å². The summed E-state index contributed by atoms with van der Waals surface area (Å²) in [6, 6.07) is 11.1. The molecule has 2 rings (SSSR count). The number of aryl methyl sites for hydroxylation is 2. The summed E-state index contributed by atoms with van der Waals surface area (Å²) in [5.41, 5.74) is 9.36. The zero-order chi connectivity index (χ0) is 17.5. The van der Waals surface area contributed by atoms with Gasteiger partial charge in [0, 0.05) is 12.5 Å². The number of carbonyl (C=O) groups excluding carboxylic acids is 1. The maximum absolute atomic E-state index is 12.0. The van der Waals surface area contributed by atoms with Crippen LogP contribution in [0, 0.1) is 13.8 Å². The van der Waals surface area contributed by atoms with Crippen molar-refractivity contribution >= 4 is 29.7 Å². The van der Waals surface area contributed by atoms with Gasteiger partial charge in [0.25, 0.3) is 0 Å². The summed E-state index contributed by atoms with van der Waals surface area (Å²) < 4.78 is 10.8. The first kappa shape index (κ1) is 20.6. The lowest BCUT2D eigenvalue weighted by molar-refractivity contribution is -0.116. The van der Waals surface area contributed by atoms with Gasteiger partial charge < -0.3 is 20.5 Å². The number of rotatable bonds is 7. The monoisotopic (exact) mass is 364 g/mol. The first-order valence-electron chi connectivity index (χ1n) is 7.93. The predicted octanol–water partition coefficient (Wildman–Crippen LogP) is 4.11. The molecule has 0 aliphatic heterocycles. The Hall–Kier alpha value is -2.40. The lowest BCUT2D eigenvalue weighted by atomic mass is 10.1. The van der Waals surface area contributed by atoms with E-state index in [9.17, 15) is 4.79 Å². The van der Waals surface area contributed by atoms with E-state index in [0.717, 1.165) is 5.75 Å². The fourth-order valence-electron chi connectivity index (χ4n) is 2.21. The van der Waals surface area contributed by atoms with E-state index >= 15 is 0 Å². The minimum absolute atomic E-state index is 0. The Morgan fingerprint density at radius 3 is 2.48 bits per heavy atom. The summed E-state index contributed by atoms with van der Waals surface area (Å²) in [5, 5.41) is 2.80. The largest absolute Gasteiger partial charge is 0.497 e. The molecule has 0 radical (unpaired) electrons. The molecular formula is C19H25ClN2O3. The third-order valence-corrected chi connectivity index (χ3v) is 3.83. The Labute approximate surface area is 154 Å². The summed E-state index contributed by atoms with van der Waals surface area (Å²) in [6.07, 6.45) is 0.990. The second-order valence-electron chi connectivity index (χ2n) is 5.70. The van der Waals surface area contributed by atoms with Crippen LogP contribution in [-0.2, 0) is 4.79 Å². The van der Waals surface area contributed by atoms with Gasteiger partial charge >= 0.3 is 0 Å². The number of amides is 1. The van der Waals surface area contributed by atoms with Crippen molar-refractivity contribution < 1.29 is 14.3 Å². The van der Waals surface area contributed by atoms with E-state index in [1.807, 2.05) is 25.1 Å². The van der Waals surface area contributed by atoms with Crippen molar-refractivity contribution in [2.24, 2.45) is 0 Å². The number of nitrogens with two attached hydrogens (primary N) is 1. The Kier molecular flexibility index (Phi) is 8.08. The van der Waals surface area contributed by atoms with E-state index in [1.54, 1.807) is 25.3 Å². The van der Waals surface area contributed by atoms with E-state index < -0.39 is 0 Å². The molecule has 0 bridgehead atoms. The van der Waals surface area contributed by atoms with Crippen molar-refractivity contribution in [3.05, 3.63) is 47.5 Å². The van der Waals surface area contributed by atoms with Gasteiger partial charge in [-0.2, -0.15) is 0 Å². The summed E-state index contributed by atoms with van der Waals surface area (Å²) in [7, 11) is 1.57. The second kappa shape index (κ2) is 9.79.